The van der Waals surface area contributed by atoms with Crippen LogP contribution >= 0.6 is 15.9 Å². The van der Waals surface area contributed by atoms with Gasteiger partial charge in [-0.25, -0.2) is 4.98 Å². The third-order valence-electron chi connectivity index (χ3n) is 6.90. The number of hydrogen-bond acceptors (Lipinski definition) is 5. The van der Waals surface area contributed by atoms with Gasteiger partial charge >= 0.3 is 0 Å². The van der Waals surface area contributed by atoms with E-state index in [1.54, 1.807) is 0 Å². The molecule has 6 nitrogen and oxygen atoms in total. The van der Waals surface area contributed by atoms with Gasteiger partial charge in [0, 0.05) is 19.3 Å². The maximum atomic E-state index is 6.44. The third kappa shape index (κ3) is 6.87. The smallest absolute Gasteiger partial charge is 0.244 e. The van der Waals surface area contributed by atoms with Crippen molar-refractivity contribution in [2.24, 2.45) is 0 Å². The number of aromatic nitrogens is 3. The summed E-state index contributed by atoms with van der Waals surface area (Å²) < 4.78 is 15.4. The number of rotatable bonds is 12. The second-order valence-electron chi connectivity index (χ2n) is 10.0. The molecule has 0 radical (unpaired) electrons. The lowest BCUT2D eigenvalue weighted by Gasteiger charge is -2.24. The average molecular weight is 620 g/mol. The highest BCUT2D eigenvalue weighted by Gasteiger charge is 2.21. The molecule has 0 fully saturated rings. The highest BCUT2D eigenvalue weighted by molar-refractivity contribution is 9.10. The summed E-state index contributed by atoms with van der Waals surface area (Å²) in [6.07, 6.45) is 1.99. The highest BCUT2D eigenvalue weighted by Crippen LogP contribution is 2.34. The summed E-state index contributed by atoms with van der Waals surface area (Å²) in [5.74, 6) is 1.11. The molecular formula is C35H31BrN4O2. The minimum Gasteiger partial charge on any atom is -0.471 e. The van der Waals surface area contributed by atoms with Gasteiger partial charge in [0.2, 0.25) is 11.8 Å². The van der Waals surface area contributed by atoms with Crippen LogP contribution in [0.25, 0.3) is 11.0 Å². The normalized spacial score (nSPS) is 11.1. The van der Waals surface area contributed by atoms with Crippen LogP contribution in [0, 0.1) is 0 Å². The first-order valence-corrected chi connectivity index (χ1v) is 14.7. The maximum absolute atomic E-state index is 6.44. The molecule has 0 aliphatic heterocycles. The molecule has 0 aliphatic rings. The van der Waals surface area contributed by atoms with E-state index in [1.807, 2.05) is 71.4 Å². The molecule has 42 heavy (non-hydrogen) atoms. The molecule has 2 heterocycles. The molecule has 0 N–H and O–H groups in total. The van der Waals surface area contributed by atoms with Crippen molar-refractivity contribution in [1.82, 2.24) is 14.5 Å². The quantitative estimate of drug-likeness (QED) is 0.138. The van der Waals surface area contributed by atoms with E-state index in [0.717, 1.165) is 26.6 Å². The lowest BCUT2D eigenvalue weighted by atomic mass is 10.2. The average Bonchev–Trinajstić information content (AvgIpc) is 3.36. The van der Waals surface area contributed by atoms with Gasteiger partial charge < -0.3 is 18.9 Å². The van der Waals surface area contributed by atoms with Gasteiger partial charge in [0.15, 0.2) is 0 Å². The van der Waals surface area contributed by atoms with Crippen molar-refractivity contribution >= 4 is 32.9 Å². The van der Waals surface area contributed by atoms with Crippen LogP contribution in [0.5, 0.6) is 5.88 Å². The van der Waals surface area contributed by atoms with E-state index in [2.05, 4.69) is 81.5 Å². The Morgan fingerprint density at radius 1 is 0.619 bits per heavy atom. The molecule has 2 aromatic heterocycles. The van der Waals surface area contributed by atoms with Crippen LogP contribution in [0.2, 0.25) is 0 Å². The molecule has 6 rings (SSSR count). The zero-order valence-electron chi connectivity index (χ0n) is 23.1. The predicted molar refractivity (Wildman–Crippen MR) is 170 cm³/mol. The first kappa shape index (κ1) is 27.7. The van der Waals surface area contributed by atoms with Crippen LogP contribution in [0.3, 0.4) is 0 Å². The Hall–Kier alpha value is -4.46. The van der Waals surface area contributed by atoms with Gasteiger partial charge in [-0.15, -0.1) is 0 Å². The van der Waals surface area contributed by atoms with Crippen molar-refractivity contribution in [2.45, 2.75) is 33.0 Å². The highest BCUT2D eigenvalue weighted by atomic mass is 79.9. The van der Waals surface area contributed by atoms with Crippen LogP contribution < -0.4 is 9.64 Å². The molecule has 6 aromatic rings. The van der Waals surface area contributed by atoms with Crippen molar-refractivity contribution in [1.29, 1.82) is 0 Å². The van der Waals surface area contributed by atoms with Gasteiger partial charge in [-0.2, -0.15) is 4.98 Å². The van der Waals surface area contributed by atoms with E-state index in [-0.39, 0.29) is 0 Å². The first-order chi connectivity index (χ1) is 20.7. The second-order valence-corrected chi connectivity index (χ2v) is 10.9. The number of hydrogen-bond donors (Lipinski definition) is 0. The van der Waals surface area contributed by atoms with Crippen molar-refractivity contribution < 1.29 is 9.47 Å². The van der Waals surface area contributed by atoms with E-state index in [0.29, 0.717) is 44.9 Å². The van der Waals surface area contributed by atoms with E-state index >= 15 is 0 Å². The Morgan fingerprint density at radius 2 is 1.12 bits per heavy atom. The van der Waals surface area contributed by atoms with Gasteiger partial charge in [-0.05, 0) is 38.2 Å². The van der Waals surface area contributed by atoms with E-state index < -0.39 is 0 Å². The molecule has 0 atom stereocenters. The van der Waals surface area contributed by atoms with Gasteiger partial charge in [0.25, 0.3) is 0 Å². The SMILES string of the molecule is Brc1cn(COCc2ccccc2)c2c(OCc3ccccc3)nc(N(Cc3ccccc3)Cc3ccccc3)nc12. The third-order valence-corrected chi connectivity index (χ3v) is 7.48. The van der Waals surface area contributed by atoms with Gasteiger partial charge in [0.1, 0.15) is 24.4 Å². The molecule has 0 amide bonds. The maximum Gasteiger partial charge on any atom is 0.244 e. The lowest BCUT2D eigenvalue weighted by Crippen LogP contribution is -2.24. The lowest BCUT2D eigenvalue weighted by molar-refractivity contribution is 0.0663. The van der Waals surface area contributed by atoms with Crippen LogP contribution in [-0.2, 0) is 37.8 Å². The topological polar surface area (TPSA) is 52.4 Å². The number of anilines is 1. The summed E-state index contributed by atoms with van der Waals surface area (Å²) in [4.78, 5) is 12.3. The number of halogens is 1. The zero-order chi connectivity index (χ0) is 28.6. The minimum absolute atomic E-state index is 0.332. The summed E-state index contributed by atoms with van der Waals surface area (Å²) in [6.45, 7) is 2.52. The van der Waals surface area contributed by atoms with Crippen LogP contribution in [0.15, 0.2) is 132 Å². The Kier molecular flexibility index (Phi) is 8.88. The van der Waals surface area contributed by atoms with Gasteiger partial charge in [-0.1, -0.05) is 121 Å². The molecule has 0 saturated heterocycles. The summed E-state index contributed by atoms with van der Waals surface area (Å²) in [6, 6.07) is 41.1. The minimum atomic E-state index is 0.332. The second kappa shape index (κ2) is 13.5. The fraction of sp³-hybridized carbons (Fsp3) is 0.143. The summed E-state index contributed by atoms with van der Waals surface area (Å²) in [5.41, 5.74) is 6.09. The fourth-order valence-electron chi connectivity index (χ4n) is 4.82. The molecule has 0 spiro atoms. The Balaban J connectivity index is 1.37. The first-order valence-electron chi connectivity index (χ1n) is 13.9. The van der Waals surface area contributed by atoms with E-state index in [9.17, 15) is 0 Å². The van der Waals surface area contributed by atoms with Gasteiger partial charge in [-0.3, -0.25) is 0 Å². The number of fused-ring (bicyclic) bond motifs is 1. The van der Waals surface area contributed by atoms with Crippen molar-refractivity contribution in [3.8, 4) is 5.88 Å². The molecule has 0 unspecified atom stereocenters. The van der Waals surface area contributed by atoms with Crippen LogP contribution in [0.4, 0.5) is 5.95 Å². The molecule has 0 bridgehead atoms. The molecule has 0 saturated carbocycles. The Morgan fingerprint density at radius 3 is 1.67 bits per heavy atom. The standard InChI is InChI=1S/C35H31BrN4O2/c36-31-23-40(26-41-24-29-17-9-3-10-18-29)33-32(31)37-35(38-34(33)42-25-30-19-11-4-12-20-30)39(21-27-13-5-1-6-14-27)22-28-15-7-2-8-16-28/h1-20,23H,21-22,24-26H2. The van der Waals surface area contributed by atoms with Gasteiger partial charge in [0.05, 0.1) is 11.1 Å². The monoisotopic (exact) mass is 618 g/mol. The Labute approximate surface area is 254 Å². The largest absolute Gasteiger partial charge is 0.471 e. The number of ether oxygens (including phenoxy) is 2. The summed E-state index contributed by atoms with van der Waals surface area (Å²) in [5, 5.41) is 0. The van der Waals surface area contributed by atoms with Crippen LogP contribution in [-0.4, -0.2) is 14.5 Å². The molecule has 0 aliphatic carbocycles. The van der Waals surface area contributed by atoms with E-state index in [1.165, 1.54) is 11.1 Å². The zero-order valence-corrected chi connectivity index (χ0v) is 24.7. The fourth-order valence-corrected chi connectivity index (χ4v) is 5.35. The predicted octanol–water partition coefficient (Wildman–Crippen LogP) is 8.15. The van der Waals surface area contributed by atoms with Crippen LogP contribution in [0.1, 0.15) is 22.3 Å². The molecular weight excluding hydrogens is 588 g/mol. The van der Waals surface area contributed by atoms with Crippen molar-refractivity contribution in [3.05, 3.63) is 154 Å². The summed E-state index contributed by atoms with van der Waals surface area (Å²) >= 11 is 3.76. The number of nitrogens with zero attached hydrogens (tertiary/aromatic N) is 4. The Bertz CT molecular complexity index is 1670. The molecule has 7 heteroatoms. The summed E-state index contributed by atoms with van der Waals surface area (Å²) in [7, 11) is 0. The van der Waals surface area contributed by atoms with E-state index in [4.69, 9.17) is 19.4 Å². The number of benzene rings is 4. The van der Waals surface area contributed by atoms with Crippen molar-refractivity contribution in [2.75, 3.05) is 4.90 Å². The molecule has 4 aromatic carbocycles. The molecule has 210 valence electrons. The van der Waals surface area contributed by atoms with Crippen molar-refractivity contribution in [3.63, 3.8) is 0 Å².